The highest BCUT2D eigenvalue weighted by atomic mass is 35.5. The Labute approximate surface area is 134 Å². The highest BCUT2D eigenvalue weighted by Gasteiger charge is 2.11. The number of carbonyl (C=O) groups is 1. The monoisotopic (exact) mass is 319 g/mol. The van der Waals surface area contributed by atoms with E-state index in [2.05, 4.69) is 10.3 Å². The van der Waals surface area contributed by atoms with E-state index in [9.17, 15) is 4.79 Å². The van der Waals surface area contributed by atoms with Crippen molar-refractivity contribution in [1.29, 1.82) is 0 Å². The number of benzene rings is 1. The van der Waals surface area contributed by atoms with Crippen molar-refractivity contribution in [2.45, 2.75) is 6.92 Å². The van der Waals surface area contributed by atoms with Gasteiger partial charge in [-0.3, -0.25) is 9.78 Å². The molecule has 116 valence electrons. The minimum atomic E-state index is -0.183. The van der Waals surface area contributed by atoms with Crippen molar-refractivity contribution in [3.63, 3.8) is 0 Å². The molecule has 1 aromatic carbocycles. The predicted octanol–water partition coefficient (Wildman–Crippen LogP) is 2.85. The summed E-state index contributed by atoms with van der Waals surface area (Å²) >= 11 is 6.17. The van der Waals surface area contributed by atoms with E-state index in [1.165, 1.54) is 0 Å². The van der Waals surface area contributed by atoms with Crippen molar-refractivity contribution in [2.24, 2.45) is 11.7 Å². The zero-order valence-electron chi connectivity index (χ0n) is 12.3. The number of nitrogens with zero attached hydrogens (tertiary/aromatic N) is 1. The maximum Gasteiger partial charge on any atom is 0.251 e. The van der Waals surface area contributed by atoms with E-state index in [1.807, 2.05) is 6.92 Å². The largest absolute Gasteiger partial charge is 0.456 e. The summed E-state index contributed by atoms with van der Waals surface area (Å²) in [5.41, 5.74) is 6.00. The lowest BCUT2D eigenvalue weighted by molar-refractivity contribution is 0.0948. The summed E-state index contributed by atoms with van der Waals surface area (Å²) in [5.74, 6) is 1.16. The van der Waals surface area contributed by atoms with Crippen LogP contribution in [0, 0.1) is 5.92 Å². The average molecular weight is 320 g/mol. The zero-order chi connectivity index (χ0) is 15.9. The molecule has 5 nitrogen and oxygen atoms in total. The van der Waals surface area contributed by atoms with Crippen LogP contribution in [0.4, 0.5) is 0 Å². The van der Waals surface area contributed by atoms with Gasteiger partial charge in [0.25, 0.3) is 5.91 Å². The second kappa shape index (κ2) is 7.77. The van der Waals surface area contributed by atoms with E-state index in [4.69, 9.17) is 22.1 Å². The van der Waals surface area contributed by atoms with E-state index in [1.54, 1.807) is 42.7 Å². The Morgan fingerprint density at radius 1 is 1.36 bits per heavy atom. The maximum atomic E-state index is 12.0. The summed E-state index contributed by atoms with van der Waals surface area (Å²) in [5, 5.41) is 3.19. The van der Waals surface area contributed by atoms with Gasteiger partial charge in [0.1, 0.15) is 11.5 Å². The van der Waals surface area contributed by atoms with Crippen LogP contribution in [0.1, 0.15) is 17.3 Å². The third-order valence-corrected chi connectivity index (χ3v) is 3.38. The van der Waals surface area contributed by atoms with Crippen LogP contribution >= 0.6 is 11.6 Å². The van der Waals surface area contributed by atoms with Gasteiger partial charge in [0.05, 0.1) is 5.02 Å². The molecule has 1 unspecified atom stereocenters. The van der Waals surface area contributed by atoms with E-state index in [0.29, 0.717) is 35.2 Å². The predicted molar refractivity (Wildman–Crippen MR) is 86.3 cm³/mol. The Bertz CT molecular complexity index is 635. The molecule has 1 amide bonds. The number of hydrogen-bond acceptors (Lipinski definition) is 4. The van der Waals surface area contributed by atoms with E-state index < -0.39 is 0 Å². The number of nitrogens with one attached hydrogen (secondary N) is 1. The quantitative estimate of drug-likeness (QED) is 0.858. The molecule has 0 fully saturated rings. The van der Waals surface area contributed by atoms with Gasteiger partial charge in [0, 0.05) is 24.5 Å². The van der Waals surface area contributed by atoms with Crippen LogP contribution in [0.25, 0.3) is 0 Å². The molecule has 0 bridgehead atoms. The van der Waals surface area contributed by atoms with Crippen LogP contribution < -0.4 is 15.8 Å². The molecule has 1 atom stereocenters. The highest BCUT2D eigenvalue weighted by Crippen LogP contribution is 2.29. The Morgan fingerprint density at radius 2 is 2.09 bits per heavy atom. The van der Waals surface area contributed by atoms with Crippen LogP contribution in [-0.2, 0) is 0 Å². The van der Waals surface area contributed by atoms with Gasteiger partial charge >= 0.3 is 0 Å². The molecule has 22 heavy (non-hydrogen) atoms. The summed E-state index contributed by atoms with van der Waals surface area (Å²) in [6.07, 6.45) is 3.26. The molecule has 2 aromatic rings. The number of hydrogen-bond donors (Lipinski definition) is 2. The van der Waals surface area contributed by atoms with Gasteiger partial charge in [0.15, 0.2) is 0 Å². The standard InChI is InChI=1S/C16H18ClN3O2/c1-11(9-18)10-20-16(21)12-2-3-15(14(17)8-12)22-13-4-6-19-7-5-13/h2-8,11H,9-10,18H2,1H3,(H,20,21). The van der Waals surface area contributed by atoms with Gasteiger partial charge in [0.2, 0.25) is 0 Å². The molecule has 1 aromatic heterocycles. The minimum Gasteiger partial charge on any atom is -0.456 e. The normalized spacial score (nSPS) is 11.8. The van der Waals surface area contributed by atoms with Crippen LogP contribution in [0.15, 0.2) is 42.7 Å². The molecule has 1 heterocycles. The molecule has 0 spiro atoms. The molecule has 0 aliphatic carbocycles. The highest BCUT2D eigenvalue weighted by molar-refractivity contribution is 6.32. The summed E-state index contributed by atoms with van der Waals surface area (Å²) in [6.45, 7) is 3.03. The SMILES string of the molecule is CC(CN)CNC(=O)c1ccc(Oc2ccncc2)c(Cl)c1. The minimum absolute atomic E-state index is 0.183. The number of halogens is 1. The number of aromatic nitrogens is 1. The van der Waals surface area contributed by atoms with Crippen LogP contribution in [0.5, 0.6) is 11.5 Å². The molecule has 6 heteroatoms. The lowest BCUT2D eigenvalue weighted by atomic mass is 10.1. The summed E-state index contributed by atoms with van der Waals surface area (Å²) in [7, 11) is 0. The van der Waals surface area contributed by atoms with Crippen LogP contribution in [-0.4, -0.2) is 24.0 Å². The number of amides is 1. The van der Waals surface area contributed by atoms with E-state index >= 15 is 0 Å². The Kier molecular flexibility index (Phi) is 5.75. The fraction of sp³-hybridized carbons (Fsp3) is 0.250. The van der Waals surface area contributed by atoms with E-state index in [-0.39, 0.29) is 11.8 Å². The van der Waals surface area contributed by atoms with Crippen molar-refractivity contribution in [3.8, 4) is 11.5 Å². The number of carbonyl (C=O) groups excluding carboxylic acids is 1. The molecule has 0 saturated carbocycles. The summed E-state index contributed by atoms with van der Waals surface area (Å²) in [4.78, 5) is 15.9. The second-order valence-corrected chi connectivity index (χ2v) is 5.39. The average Bonchev–Trinajstić information content (AvgIpc) is 2.55. The smallest absolute Gasteiger partial charge is 0.251 e. The number of rotatable bonds is 6. The molecule has 0 aliphatic heterocycles. The number of ether oxygens (including phenoxy) is 1. The Hall–Kier alpha value is -2.11. The summed E-state index contributed by atoms with van der Waals surface area (Å²) < 4.78 is 5.64. The summed E-state index contributed by atoms with van der Waals surface area (Å²) in [6, 6.07) is 8.38. The zero-order valence-corrected chi connectivity index (χ0v) is 13.0. The third-order valence-electron chi connectivity index (χ3n) is 3.09. The Balaban J connectivity index is 2.04. The lowest BCUT2D eigenvalue weighted by Gasteiger charge is -2.11. The first-order valence-corrected chi connectivity index (χ1v) is 7.33. The second-order valence-electron chi connectivity index (χ2n) is 4.98. The van der Waals surface area contributed by atoms with Gasteiger partial charge in [-0.1, -0.05) is 18.5 Å². The molecular weight excluding hydrogens is 302 g/mol. The topological polar surface area (TPSA) is 77.2 Å². The molecule has 2 rings (SSSR count). The van der Waals surface area contributed by atoms with Crippen molar-refractivity contribution in [3.05, 3.63) is 53.3 Å². The fourth-order valence-electron chi connectivity index (χ4n) is 1.71. The maximum absolute atomic E-state index is 12.0. The Morgan fingerprint density at radius 3 is 2.73 bits per heavy atom. The van der Waals surface area contributed by atoms with Gasteiger partial charge in [-0.05, 0) is 42.8 Å². The lowest BCUT2D eigenvalue weighted by Crippen LogP contribution is -2.31. The fourth-order valence-corrected chi connectivity index (χ4v) is 1.93. The van der Waals surface area contributed by atoms with Crippen molar-refractivity contribution in [2.75, 3.05) is 13.1 Å². The van der Waals surface area contributed by atoms with E-state index in [0.717, 1.165) is 0 Å². The number of nitrogens with two attached hydrogens (primary N) is 1. The molecule has 0 aliphatic rings. The van der Waals surface area contributed by atoms with Crippen LogP contribution in [0.2, 0.25) is 5.02 Å². The molecule has 0 saturated heterocycles. The van der Waals surface area contributed by atoms with Gasteiger partial charge < -0.3 is 15.8 Å². The third kappa shape index (κ3) is 4.44. The van der Waals surface area contributed by atoms with Crippen LogP contribution in [0.3, 0.4) is 0 Å². The molecular formula is C16H18ClN3O2. The molecule has 3 N–H and O–H groups in total. The number of pyridine rings is 1. The van der Waals surface area contributed by atoms with Gasteiger partial charge in [-0.25, -0.2) is 0 Å². The van der Waals surface area contributed by atoms with Crippen molar-refractivity contribution in [1.82, 2.24) is 10.3 Å². The first kappa shape index (κ1) is 16.3. The van der Waals surface area contributed by atoms with Gasteiger partial charge in [-0.15, -0.1) is 0 Å². The van der Waals surface area contributed by atoms with Crippen molar-refractivity contribution >= 4 is 17.5 Å². The van der Waals surface area contributed by atoms with Crippen molar-refractivity contribution < 1.29 is 9.53 Å². The first-order chi connectivity index (χ1) is 10.6. The first-order valence-electron chi connectivity index (χ1n) is 6.96. The van der Waals surface area contributed by atoms with Gasteiger partial charge in [-0.2, -0.15) is 0 Å². The molecule has 0 radical (unpaired) electrons.